The van der Waals surface area contributed by atoms with Crippen molar-refractivity contribution in [1.29, 1.82) is 0 Å². The van der Waals surface area contributed by atoms with Crippen LogP contribution >= 0.6 is 35.6 Å². The molecule has 3 atom stereocenters. The highest BCUT2D eigenvalue weighted by atomic mass is 35.5. The summed E-state index contributed by atoms with van der Waals surface area (Å²) in [5.74, 6) is -0.0634. The topological polar surface area (TPSA) is 61.4 Å². The zero-order chi connectivity index (χ0) is 18.0. The molecule has 0 aromatic heterocycles. The van der Waals surface area contributed by atoms with Gasteiger partial charge in [0, 0.05) is 34.2 Å². The summed E-state index contributed by atoms with van der Waals surface area (Å²) in [5.41, 5.74) is 0.553. The molecular weight excluding hydrogens is 397 g/mol. The fraction of sp³-hybridized carbons (Fsp3) is 0.556. The molecule has 1 aromatic rings. The Bertz CT molecular complexity index is 651. The van der Waals surface area contributed by atoms with Crippen molar-refractivity contribution in [3.63, 3.8) is 0 Å². The number of rotatable bonds is 3. The van der Waals surface area contributed by atoms with E-state index in [0.29, 0.717) is 34.7 Å². The minimum Gasteiger partial charge on any atom is -0.330 e. The summed E-state index contributed by atoms with van der Waals surface area (Å²) in [6.45, 7) is 3.59. The molecule has 2 fully saturated rings. The third-order valence-electron chi connectivity index (χ3n) is 4.94. The van der Waals surface area contributed by atoms with Crippen LogP contribution in [0, 0.1) is 5.92 Å². The zero-order valence-corrected chi connectivity index (χ0v) is 17.0. The third-order valence-corrected chi connectivity index (χ3v) is 5.38. The normalized spacial score (nSPS) is 25.5. The van der Waals surface area contributed by atoms with Crippen LogP contribution in [0.2, 0.25) is 10.0 Å². The van der Waals surface area contributed by atoms with E-state index in [-0.39, 0.29) is 30.1 Å². The molecule has 2 N–H and O–H groups in total. The maximum absolute atomic E-state index is 12.9. The van der Waals surface area contributed by atoms with E-state index in [0.717, 1.165) is 25.8 Å². The van der Waals surface area contributed by atoms with Gasteiger partial charge in [-0.3, -0.25) is 9.59 Å². The van der Waals surface area contributed by atoms with Gasteiger partial charge in [0.2, 0.25) is 11.8 Å². The SMILES string of the molecule is C[C@H]1C[C@@H](C(=O)N2CCCC2C(=O)Nc2cc(Cl)cc(Cl)c2)CCN1.Cl. The maximum Gasteiger partial charge on any atom is 0.247 e. The van der Waals surface area contributed by atoms with Gasteiger partial charge in [-0.05, 0) is 57.4 Å². The van der Waals surface area contributed by atoms with E-state index in [4.69, 9.17) is 23.2 Å². The van der Waals surface area contributed by atoms with Gasteiger partial charge in [0.05, 0.1) is 0 Å². The second-order valence-corrected chi connectivity index (χ2v) is 7.79. The summed E-state index contributed by atoms with van der Waals surface area (Å²) in [6, 6.07) is 4.84. The second kappa shape index (κ2) is 9.27. The molecule has 0 saturated carbocycles. The molecule has 2 saturated heterocycles. The average molecular weight is 421 g/mol. The first-order valence-electron chi connectivity index (χ1n) is 8.75. The van der Waals surface area contributed by atoms with Gasteiger partial charge in [0.1, 0.15) is 6.04 Å². The predicted molar refractivity (Wildman–Crippen MR) is 107 cm³/mol. The van der Waals surface area contributed by atoms with E-state index in [1.54, 1.807) is 23.1 Å². The van der Waals surface area contributed by atoms with Gasteiger partial charge in [-0.25, -0.2) is 0 Å². The van der Waals surface area contributed by atoms with Crippen LogP contribution in [0.15, 0.2) is 18.2 Å². The van der Waals surface area contributed by atoms with Crippen molar-refractivity contribution < 1.29 is 9.59 Å². The number of amides is 2. The van der Waals surface area contributed by atoms with Crippen LogP contribution in [0.1, 0.15) is 32.6 Å². The monoisotopic (exact) mass is 419 g/mol. The highest BCUT2D eigenvalue weighted by Crippen LogP contribution is 2.27. The zero-order valence-electron chi connectivity index (χ0n) is 14.6. The van der Waals surface area contributed by atoms with E-state index >= 15 is 0 Å². The molecule has 2 amide bonds. The molecular formula is C18H24Cl3N3O2. The number of hydrogen-bond donors (Lipinski definition) is 2. The Morgan fingerprint density at radius 1 is 1.19 bits per heavy atom. The Kier molecular flexibility index (Phi) is 7.59. The van der Waals surface area contributed by atoms with E-state index < -0.39 is 6.04 Å². The van der Waals surface area contributed by atoms with Crippen molar-refractivity contribution in [2.75, 3.05) is 18.4 Å². The van der Waals surface area contributed by atoms with Gasteiger partial charge >= 0.3 is 0 Å². The first kappa shape index (κ1) is 21.3. The summed E-state index contributed by atoms with van der Waals surface area (Å²) < 4.78 is 0. The van der Waals surface area contributed by atoms with Crippen LogP contribution in [0.25, 0.3) is 0 Å². The highest BCUT2D eigenvalue weighted by molar-refractivity contribution is 6.35. The van der Waals surface area contributed by atoms with Crippen molar-refractivity contribution in [2.45, 2.75) is 44.7 Å². The van der Waals surface area contributed by atoms with Gasteiger partial charge in [-0.1, -0.05) is 23.2 Å². The van der Waals surface area contributed by atoms with Crippen LogP contribution in [0.5, 0.6) is 0 Å². The van der Waals surface area contributed by atoms with Gasteiger partial charge in [-0.15, -0.1) is 12.4 Å². The number of carbonyl (C=O) groups is 2. The Balaban J connectivity index is 0.00000243. The van der Waals surface area contributed by atoms with Gasteiger partial charge in [0.15, 0.2) is 0 Å². The molecule has 8 heteroatoms. The molecule has 2 heterocycles. The third kappa shape index (κ3) is 5.03. The Labute approximate surface area is 170 Å². The van der Waals surface area contributed by atoms with Gasteiger partial charge in [0.25, 0.3) is 0 Å². The van der Waals surface area contributed by atoms with Crippen LogP contribution in [-0.4, -0.2) is 41.9 Å². The lowest BCUT2D eigenvalue weighted by atomic mass is 9.91. The lowest BCUT2D eigenvalue weighted by Gasteiger charge is -2.32. The van der Waals surface area contributed by atoms with Crippen molar-refractivity contribution >= 4 is 53.1 Å². The minimum atomic E-state index is -0.421. The summed E-state index contributed by atoms with van der Waals surface area (Å²) in [4.78, 5) is 27.3. The Hall–Kier alpha value is -1.01. The molecule has 144 valence electrons. The number of hydrogen-bond acceptors (Lipinski definition) is 3. The summed E-state index contributed by atoms with van der Waals surface area (Å²) in [5, 5.41) is 7.14. The van der Waals surface area contributed by atoms with Crippen LogP contribution in [0.4, 0.5) is 5.69 Å². The number of carbonyl (C=O) groups excluding carboxylic acids is 2. The quantitative estimate of drug-likeness (QED) is 0.783. The van der Waals surface area contributed by atoms with E-state index in [1.165, 1.54) is 0 Å². The molecule has 2 aliphatic heterocycles. The predicted octanol–water partition coefficient (Wildman–Crippen LogP) is 3.73. The average Bonchev–Trinajstić information content (AvgIpc) is 3.02. The van der Waals surface area contributed by atoms with E-state index in [9.17, 15) is 9.59 Å². The summed E-state index contributed by atoms with van der Waals surface area (Å²) in [7, 11) is 0. The highest BCUT2D eigenvalue weighted by Gasteiger charge is 2.38. The molecule has 0 bridgehead atoms. The number of piperidine rings is 1. The van der Waals surface area contributed by atoms with Crippen LogP contribution in [0.3, 0.4) is 0 Å². The maximum atomic E-state index is 12.9. The largest absolute Gasteiger partial charge is 0.330 e. The van der Waals surface area contributed by atoms with Crippen LogP contribution < -0.4 is 10.6 Å². The van der Waals surface area contributed by atoms with Crippen molar-refractivity contribution in [2.24, 2.45) is 5.92 Å². The second-order valence-electron chi connectivity index (χ2n) is 6.91. The van der Waals surface area contributed by atoms with E-state index in [2.05, 4.69) is 17.6 Å². The molecule has 0 spiro atoms. The number of halogens is 3. The fourth-order valence-electron chi connectivity index (χ4n) is 3.75. The number of nitrogens with zero attached hydrogens (tertiary/aromatic N) is 1. The van der Waals surface area contributed by atoms with Crippen molar-refractivity contribution in [3.05, 3.63) is 28.2 Å². The lowest BCUT2D eigenvalue weighted by Crippen LogP contribution is -2.48. The molecule has 3 rings (SSSR count). The number of nitrogens with one attached hydrogen (secondary N) is 2. The van der Waals surface area contributed by atoms with E-state index in [1.807, 2.05) is 0 Å². The Morgan fingerprint density at radius 3 is 2.54 bits per heavy atom. The van der Waals surface area contributed by atoms with Crippen molar-refractivity contribution in [1.82, 2.24) is 10.2 Å². The lowest BCUT2D eigenvalue weighted by molar-refractivity contribution is -0.141. The standard InChI is InChI=1S/C18H23Cl2N3O2.ClH/c1-11-7-12(4-5-21-11)18(25)23-6-2-3-16(23)17(24)22-15-9-13(19)8-14(20)10-15;/h8-12,16,21H,2-7H2,1H3,(H,22,24);1H/t11-,12-,16?;/m0./s1. The molecule has 1 unspecified atom stereocenters. The smallest absolute Gasteiger partial charge is 0.247 e. The molecule has 5 nitrogen and oxygen atoms in total. The summed E-state index contributed by atoms with van der Waals surface area (Å²) in [6.07, 6.45) is 3.19. The van der Waals surface area contributed by atoms with Crippen LogP contribution in [-0.2, 0) is 9.59 Å². The van der Waals surface area contributed by atoms with Crippen molar-refractivity contribution in [3.8, 4) is 0 Å². The molecule has 0 aliphatic carbocycles. The van der Waals surface area contributed by atoms with Gasteiger partial charge < -0.3 is 15.5 Å². The van der Waals surface area contributed by atoms with Gasteiger partial charge in [-0.2, -0.15) is 0 Å². The molecule has 2 aliphatic rings. The first-order valence-corrected chi connectivity index (χ1v) is 9.50. The first-order chi connectivity index (χ1) is 11.9. The fourth-order valence-corrected chi connectivity index (χ4v) is 4.27. The molecule has 0 radical (unpaired) electrons. The summed E-state index contributed by atoms with van der Waals surface area (Å²) >= 11 is 12.0. The molecule has 26 heavy (non-hydrogen) atoms. The Morgan fingerprint density at radius 2 is 1.88 bits per heavy atom. The minimum absolute atomic E-state index is 0. The number of likely N-dealkylation sites (tertiary alicyclic amines) is 1. The molecule has 1 aromatic carbocycles. The number of anilines is 1. The number of benzene rings is 1.